The Hall–Kier alpha value is -3.20. The van der Waals surface area contributed by atoms with E-state index in [4.69, 9.17) is 11.5 Å². The molecule has 0 unspecified atom stereocenters. The number of hydrogen-bond donors (Lipinski definition) is 4. The molecule has 0 aromatic heterocycles. The van der Waals surface area contributed by atoms with Crippen molar-refractivity contribution >= 4 is 11.4 Å². The first-order chi connectivity index (χ1) is 14.6. The van der Waals surface area contributed by atoms with Gasteiger partial charge in [-0.15, -0.1) is 0 Å². The average molecular weight is 502 g/mol. The van der Waals surface area contributed by atoms with Crippen LogP contribution in [0.3, 0.4) is 0 Å². The Morgan fingerprint density at radius 2 is 0.970 bits per heavy atom. The van der Waals surface area contributed by atoms with E-state index in [9.17, 15) is 62.9 Å². The standard InChI is InChI=1S/C17H10F12N2O2/c18-14(19,20)7-1-6(4-10(32)11(7)31)13(16(24,25)26,17(27,28)29)5-2-8(15(21,22)23)12(33)9(30)3-5/h1-4,32-33H,30-31H2. The molecule has 0 saturated carbocycles. The van der Waals surface area contributed by atoms with Crippen molar-refractivity contribution in [3.05, 3.63) is 46.5 Å². The summed E-state index contributed by atoms with van der Waals surface area (Å²) in [6.45, 7) is 0. The highest BCUT2D eigenvalue weighted by Crippen LogP contribution is 2.59. The van der Waals surface area contributed by atoms with Crippen molar-refractivity contribution in [2.45, 2.75) is 30.1 Å². The lowest BCUT2D eigenvalue weighted by molar-refractivity contribution is -0.288. The van der Waals surface area contributed by atoms with Gasteiger partial charge in [0, 0.05) is 0 Å². The second-order valence-corrected chi connectivity index (χ2v) is 6.66. The molecule has 33 heavy (non-hydrogen) atoms. The highest BCUT2D eigenvalue weighted by molar-refractivity contribution is 5.66. The van der Waals surface area contributed by atoms with Crippen LogP contribution in [0.5, 0.6) is 11.5 Å². The maximum Gasteiger partial charge on any atom is 0.420 e. The van der Waals surface area contributed by atoms with Crippen molar-refractivity contribution < 1.29 is 62.9 Å². The monoisotopic (exact) mass is 502 g/mol. The molecular formula is C17H10F12N2O2. The van der Waals surface area contributed by atoms with Gasteiger partial charge in [-0.3, -0.25) is 0 Å². The number of nitrogens with two attached hydrogens (primary N) is 2. The Balaban J connectivity index is 3.19. The highest BCUT2D eigenvalue weighted by Gasteiger charge is 2.73. The molecule has 0 heterocycles. The second-order valence-electron chi connectivity index (χ2n) is 6.66. The zero-order valence-corrected chi connectivity index (χ0v) is 15.4. The van der Waals surface area contributed by atoms with Crippen LogP contribution in [0.1, 0.15) is 22.3 Å². The van der Waals surface area contributed by atoms with Gasteiger partial charge in [-0.05, 0) is 35.4 Å². The van der Waals surface area contributed by atoms with Crippen molar-refractivity contribution in [1.29, 1.82) is 0 Å². The molecule has 0 aliphatic heterocycles. The average Bonchev–Trinajstić information content (AvgIpc) is 2.56. The quantitative estimate of drug-likeness (QED) is 0.241. The molecule has 184 valence electrons. The number of halogens is 12. The third kappa shape index (κ3) is 4.13. The van der Waals surface area contributed by atoms with E-state index < -0.39 is 93.4 Å². The lowest BCUT2D eigenvalue weighted by Crippen LogP contribution is -2.55. The SMILES string of the molecule is Nc1cc(C(c2cc(O)c(N)c(C(F)(F)F)c2)(C(F)(F)F)C(F)(F)F)cc(C(F)(F)F)c1O. The van der Waals surface area contributed by atoms with Gasteiger partial charge in [-0.25, -0.2) is 0 Å². The highest BCUT2D eigenvalue weighted by atomic mass is 19.4. The van der Waals surface area contributed by atoms with Gasteiger partial charge in [-0.1, -0.05) is 0 Å². The molecule has 0 aliphatic rings. The topological polar surface area (TPSA) is 92.5 Å². The minimum Gasteiger partial charge on any atom is -0.506 e. The Morgan fingerprint density at radius 1 is 0.576 bits per heavy atom. The molecule has 0 spiro atoms. The van der Waals surface area contributed by atoms with Crippen LogP contribution in [-0.2, 0) is 17.8 Å². The predicted octanol–water partition coefficient (Wildman–Crippen LogP) is 5.71. The van der Waals surface area contributed by atoms with Crippen molar-refractivity contribution in [3.8, 4) is 11.5 Å². The van der Waals surface area contributed by atoms with Gasteiger partial charge in [0.05, 0.1) is 22.5 Å². The smallest absolute Gasteiger partial charge is 0.420 e. The molecular weight excluding hydrogens is 492 g/mol. The lowest BCUT2D eigenvalue weighted by atomic mass is 9.71. The zero-order chi connectivity index (χ0) is 25.9. The predicted molar refractivity (Wildman–Crippen MR) is 87.9 cm³/mol. The first-order valence-electron chi connectivity index (χ1n) is 8.10. The van der Waals surface area contributed by atoms with Crippen LogP contribution in [0.25, 0.3) is 0 Å². The summed E-state index contributed by atoms with van der Waals surface area (Å²) >= 11 is 0. The molecule has 2 rings (SSSR count). The van der Waals surface area contributed by atoms with Crippen LogP contribution in [0.4, 0.5) is 64.1 Å². The summed E-state index contributed by atoms with van der Waals surface area (Å²) in [5, 5.41) is 19.0. The molecule has 0 bridgehead atoms. The van der Waals surface area contributed by atoms with Crippen LogP contribution in [0.15, 0.2) is 24.3 Å². The second kappa shape index (κ2) is 7.41. The zero-order valence-electron chi connectivity index (χ0n) is 15.4. The van der Waals surface area contributed by atoms with E-state index in [0.717, 1.165) is 0 Å². The molecule has 2 aromatic rings. The van der Waals surface area contributed by atoms with Gasteiger partial charge >= 0.3 is 24.7 Å². The minimum absolute atomic E-state index is 0.313. The number of aromatic hydroxyl groups is 2. The molecule has 6 N–H and O–H groups in total. The van der Waals surface area contributed by atoms with E-state index in [1.54, 1.807) is 0 Å². The van der Waals surface area contributed by atoms with Crippen LogP contribution in [-0.4, -0.2) is 22.6 Å². The van der Waals surface area contributed by atoms with E-state index in [-0.39, 0.29) is 6.07 Å². The van der Waals surface area contributed by atoms with Crippen molar-refractivity contribution in [1.82, 2.24) is 0 Å². The fraction of sp³-hybridized carbons (Fsp3) is 0.294. The van der Waals surface area contributed by atoms with E-state index >= 15 is 0 Å². The Bertz CT molecular complexity index is 983. The maximum absolute atomic E-state index is 14.1. The normalized spacial score (nSPS) is 13.9. The van der Waals surface area contributed by atoms with Gasteiger partial charge in [0.15, 0.2) is 5.75 Å². The number of phenols is 2. The number of nitrogen functional groups attached to an aromatic ring is 2. The van der Waals surface area contributed by atoms with E-state index in [2.05, 4.69) is 0 Å². The first-order valence-corrected chi connectivity index (χ1v) is 8.10. The van der Waals surface area contributed by atoms with Crippen LogP contribution in [0.2, 0.25) is 0 Å². The first kappa shape index (κ1) is 26.1. The number of alkyl halides is 12. The van der Waals surface area contributed by atoms with Gasteiger partial charge in [-0.2, -0.15) is 52.7 Å². The number of hydrogen-bond acceptors (Lipinski definition) is 4. The number of phenolic OH excluding ortho intramolecular Hbond substituents is 2. The summed E-state index contributed by atoms with van der Waals surface area (Å²) in [5.41, 5.74) is -8.21. The van der Waals surface area contributed by atoms with Crippen molar-refractivity contribution in [2.24, 2.45) is 0 Å². The summed E-state index contributed by atoms with van der Waals surface area (Å²) in [6.07, 6.45) is -24.6. The molecule has 0 fully saturated rings. The van der Waals surface area contributed by atoms with E-state index in [0.29, 0.717) is 0 Å². The fourth-order valence-corrected chi connectivity index (χ4v) is 3.16. The number of rotatable bonds is 2. The maximum atomic E-state index is 14.1. The summed E-state index contributed by atoms with van der Waals surface area (Å²) in [7, 11) is 0. The van der Waals surface area contributed by atoms with Gasteiger partial charge in [0.25, 0.3) is 0 Å². The Kier molecular flexibility index (Phi) is 5.85. The van der Waals surface area contributed by atoms with Crippen LogP contribution >= 0.6 is 0 Å². The summed E-state index contributed by atoms with van der Waals surface area (Å²) in [6, 6.07) is -2.15. The molecule has 0 aliphatic carbocycles. The van der Waals surface area contributed by atoms with Crippen molar-refractivity contribution in [3.63, 3.8) is 0 Å². The molecule has 0 atom stereocenters. The van der Waals surface area contributed by atoms with Gasteiger partial charge < -0.3 is 21.7 Å². The molecule has 0 saturated heterocycles. The van der Waals surface area contributed by atoms with Crippen LogP contribution < -0.4 is 11.5 Å². The van der Waals surface area contributed by atoms with Crippen LogP contribution in [0, 0.1) is 0 Å². The summed E-state index contributed by atoms with van der Waals surface area (Å²) in [5.74, 6) is -3.75. The third-order valence-corrected chi connectivity index (χ3v) is 4.62. The van der Waals surface area contributed by atoms with E-state index in [1.165, 1.54) is 0 Å². The Morgan fingerprint density at radius 3 is 1.36 bits per heavy atom. The molecule has 0 radical (unpaired) electrons. The van der Waals surface area contributed by atoms with Gasteiger partial charge in [0.1, 0.15) is 5.75 Å². The van der Waals surface area contributed by atoms with Gasteiger partial charge in [0.2, 0.25) is 5.41 Å². The fourth-order valence-electron chi connectivity index (χ4n) is 3.16. The third-order valence-electron chi connectivity index (χ3n) is 4.62. The molecule has 4 nitrogen and oxygen atoms in total. The molecule has 0 amide bonds. The summed E-state index contributed by atoms with van der Waals surface area (Å²) < 4.78 is 163. The van der Waals surface area contributed by atoms with Crippen molar-refractivity contribution in [2.75, 3.05) is 11.5 Å². The summed E-state index contributed by atoms with van der Waals surface area (Å²) in [4.78, 5) is 0. The minimum atomic E-state index is -6.64. The number of benzene rings is 2. The molecule has 16 heteroatoms. The molecule has 2 aromatic carbocycles. The Labute approximate surface area is 175 Å². The number of anilines is 2. The largest absolute Gasteiger partial charge is 0.506 e. The van der Waals surface area contributed by atoms with E-state index in [1.807, 2.05) is 0 Å². The lowest BCUT2D eigenvalue weighted by Gasteiger charge is -2.39.